The van der Waals surface area contributed by atoms with Crippen molar-refractivity contribution in [2.24, 2.45) is 0 Å². The van der Waals surface area contributed by atoms with Crippen molar-refractivity contribution in [1.82, 2.24) is 0 Å². The van der Waals surface area contributed by atoms with Crippen molar-refractivity contribution in [3.05, 3.63) is 186 Å². The lowest BCUT2D eigenvalue weighted by molar-refractivity contribution is 0.753. The van der Waals surface area contributed by atoms with E-state index in [0.29, 0.717) is 0 Å². The Morgan fingerprint density at radius 1 is 0.468 bits per heavy atom. The topological polar surface area (TPSA) is 6.48 Å². The number of hydrogen-bond acceptors (Lipinski definition) is 2. The molecule has 3 aliphatic heterocycles. The Morgan fingerprint density at radius 2 is 1.06 bits per heavy atom. The van der Waals surface area contributed by atoms with Crippen molar-refractivity contribution in [3.63, 3.8) is 0 Å². The standard InChI is InChI=1S/C44H29BN2/c1-28-26-33-32-18-7-11-24-39(32)47(29-14-3-2-4-15-29)45-38-23-13-22-37-43(38)46(41(27-28)42(33)45)40-25-12-10-21-36(40)44(37)34-19-8-5-16-30(34)31-17-6-9-20-35(31)44/h2-27H,1H3. The minimum atomic E-state index is -0.431. The predicted octanol–water partition coefficient (Wildman–Crippen LogP) is 9.38. The van der Waals surface area contributed by atoms with Crippen LogP contribution in [0, 0.1) is 6.92 Å². The third-order valence-corrected chi connectivity index (χ3v) is 11.1. The first-order valence-electron chi connectivity index (χ1n) is 16.6. The second-order valence-electron chi connectivity index (χ2n) is 13.3. The molecular weight excluding hydrogens is 567 g/mol. The lowest BCUT2D eigenvalue weighted by Crippen LogP contribution is -2.62. The van der Waals surface area contributed by atoms with Crippen molar-refractivity contribution < 1.29 is 0 Å². The van der Waals surface area contributed by atoms with Crippen LogP contribution in [0.15, 0.2) is 158 Å². The molecule has 2 nitrogen and oxygen atoms in total. The van der Waals surface area contributed by atoms with Crippen LogP contribution >= 0.6 is 0 Å². The van der Waals surface area contributed by atoms with Crippen molar-refractivity contribution in [3.8, 4) is 22.3 Å². The van der Waals surface area contributed by atoms with Crippen LogP contribution in [-0.2, 0) is 5.41 Å². The van der Waals surface area contributed by atoms with Crippen LogP contribution in [0.4, 0.5) is 28.4 Å². The first-order chi connectivity index (χ1) is 23.3. The number of benzene rings is 7. The molecule has 3 heteroatoms. The molecule has 0 fully saturated rings. The van der Waals surface area contributed by atoms with E-state index in [4.69, 9.17) is 0 Å². The predicted molar refractivity (Wildman–Crippen MR) is 196 cm³/mol. The Kier molecular flexibility index (Phi) is 4.82. The SMILES string of the molecule is Cc1cc2c3c(c1)N1c4ccccc4C4(c5ccccc5-c5ccccc54)c4cccc(c41)B3N(c1ccccc1)c1ccccc1-2. The average molecular weight is 597 g/mol. The van der Waals surface area contributed by atoms with E-state index >= 15 is 0 Å². The molecule has 47 heavy (non-hydrogen) atoms. The number of anilines is 5. The van der Waals surface area contributed by atoms with Crippen molar-refractivity contribution >= 4 is 46.2 Å². The summed E-state index contributed by atoms with van der Waals surface area (Å²) >= 11 is 0. The molecule has 218 valence electrons. The second kappa shape index (κ2) is 8.93. The third-order valence-electron chi connectivity index (χ3n) is 11.1. The van der Waals surface area contributed by atoms with Gasteiger partial charge in [0.25, 0.3) is 0 Å². The van der Waals surface area contributed by atoms with Gasteiger partial charge in [-0.2, -0.15) is 0 Å². The lowest BCUT2D eigenvalue weighted by Gasteiger charge is -2.51. The van der Waals surface area contributed by atoms with Gasteiger partial charge in [0.1, 0.15) is 0 Å². The Morgan fingerprint density at radius 3 is 1.81 bits per heavy atom. The van der Waals surface area contributed by atoms with Gasteiger partial charge in [0, 0.05) is 28.3 Å². The molecule has 4 aliphatic rings. The summed E-state index contributed by atoms with van der Waals surface area (Å²) in [7, 11) is 0. The maximum absolute atomic E-state index is 2.61. The van der Waals surface area contributed by atoms with Gasteiger partial charge < -0.3 is 9.71 Å². The summed E-state index contributed by atoms with van der Waals surface area (Å²) in [6.45, 7) is 2.26. The molecule has 0 saturated carbocycles. The van der Waals surface area contributed by atoms with Gasteiger partial charge >= 0.3 is 6.85 Å². The number of nitrogens with zero attached hydrogens (tertiary/aromatic N) is 2. The summed E-state index contributed by atoms with van der Waals surface area (Å²) < 4.78 is 0. The summed E-state index contributed by atoms with van der Waals surface area (Å²) in [6.07, 6.45) is 0. The molecule has 1 spiro atoms. The first-order valence-corrected chi connectivity index (χ1v) is 16.6. The van der Waals surface area contributed by atoms with Crippen LogP contribution in [0.3, 0.4) is 0 Å². The van der Waals surface area contributed by atoms with Crippen molar-refractivity contribution in [2.45, 2.75) is 12.3 Å². The first kappa shape index (κ1) is 25.4. The lowest BCUT2D eigenvalue weighted by atomic mass is 9.42. The number of para-hydroxylation sites is 4. The molecule has 0 unspecified atom stereocenters. The minimum Gasteiger partial charge on any atom is -0.376 e. The van der Waals surface area contributed by atoms with Crippen LogP contribution in [0.25, 0.3) is 22.3 Å². The summed E-state index contributed by atoms with van der Waals surface area (Å²) in [4.78, 5) is 5.20. The van der Waals surface area contributed by atoms with Crippen molar-refractivity contribution in [1.29, 1.82) is 0 Å². The zero-order chi connectivity index (χ0) is 30.9. The fourth-order valence-electron chi connectivity index (χ4n) is 9.48. The highest BCUT2D eigenvalue weighted by Crippen LogP contribution is 2.63. The molecule has 0 aromatic heterocycles. The molecule has 0 bridgehead atoms. The fourth-order valence-corrected chi connectivity index (χ4v) is 9.48. The third kappa shape index (κ3) is 2.99. The molecular formula is C44H29BN2. The summed E-state index contributed by atoms with van der Waals surface area (Å²) in [5.41, 5.74) is 20.6. The van der Waals surface area contributed by atoms with Crippen LogP contribution in [0.5, 0.6) is 0 Å². The monoisotopic (exact) mass is 596 g/mol. The van der Waals surface area contributed by atoms with Gasteiger partial charge in [-0.25, -0.2) is 0 Å². The quantitative estimate of drug-likeness (QED) is 0.174. The van der Waals surface area contributed by atoms with Gasteiger partial charge in [-0.05, 0) is 92.7 Å². The van der Waals surface area contributed by atoms with Crippen LogP contribution < -0.4 is 20.6 Å². The van der Waals surface area contributed by atoms with E-state index in [-0.39, 0.29) is 6.85 Å². The number of rotatable bonds is 1. The number of fused-ring (bicyclic) bond motifs is 13. The Labute approximate surface area is 275 Å². The van der Waals surface area contributed by atoms with E-state index in [1.54, 1.807) is 0 Å². The van der Waals surface area contributed by atoms with Gasteiger partial charge in [-0.3, -0.25) is 0 Å². The highest BCUT2D eigenvalue weighted by Gasteiger charge is 2.55. The summed E-state index contributed by atoms with van der Waals surface area (Å²) in [5, 5.41) is 0. The number of hydrogen-bond donors (Lipinski definition) is 0. The Bertz CT molecular complexity index is 2420. The van der Waals surface area contributed by atoms with E-state index in [2.05, 4.69) is 174 Å². The van der Waals surface area contributed by atoms with Crippen LogP contribution in [-0.4, -0.2) is 6.85 Å². The van der Waals surface area contributed by atoms with E-state index in [1.807, 2.05) is 0 Å². The van der Waals surface area contributed by atoms with Gasteiger partial charge in [-0.15, -0.1) is 0 Å². The Balaban J connectivity index is 1.32. The molecule has 0 atom stereocenters. The molecule has 0 radical (unpaired) electrons. The molecule has 0 amide bonds. The Hall–Kier alpha value is -5.80. The zero-order valence-electron chi connectivity index (χ0n) is 26.0. The van der Waals surface area contributed by atoms with Crippen molar-refractivity contribution in [2.75, 3.05) is 9.71 Å². The van der Waals surface area contributed by atoms with E-state index < -0.39 is 5.41 Å². The van der Waals surface area contributed by atoms with Gasteiger partial charge in [0.15, 0.2) is 0 Å². The molecule has 7 aromatic rings. The van der Waals surface area contributed by atoms with E-state index in [1.165, 1.54) is 89.4 Å². The number of aryl methyl sites for hydroxylation is 1. The summed E-state index contributed by atoms with van der Waals surface area (Å²) in [6, 6.07) is 59.2. The average Bonchev–Trinajstić information content (AvgIpc) is 3.42. The highest BCUT2D eigenvalue weighted by molar-refractivity contribution is 6.93. The zero-order valence-corrected chi connectivity index (χ0v) is 26.0. The molecule has 0 saturated heterocycles. The molecule has 1 aliphatic carbocycles. The highest BCUT2D eigenvalue weighted by atomic mass is 15.2. The molecule has 0 N–H and O–H groups in total. The second-order valence-corrected chi connectivity index (χ2v) is 13.3. The van der Waals surface area contributed by atoms with E-state index in [0.717, 1.165) is 0 Å². The maximum Gasteiger partial charge on any atom is 0.333 e. The maximum atomic E-state index is 2.61. The van der Waals surface area contributed by atoms with Crippen LogP contribution in [0.1, 0.15) is 27.8 Å². The minimum absolute atomic E-state index is 0.0123. The van der Waals surface area contributed by atoms with Crippen LogP contribution in [0.2, 0.25) is 0 Å². The fraction of sp³-hybridized carbons (Fsp3) is 0.0455. The molecule has 7 aromatic carbocycles. The van der Waals surface area contributed by atoms with Gasteiger partial charge in [-0.1, -0.05) is 127 Å². The molecule has 11 rings (SSSR count). The molecule has 3 heterocycles. The normalized spacial score (nSPS) is 15.0. The largest absolute Gasteiger partial charge is 0.376 e. The summed E-state index contributed by atoms with van der Waals surface area (Å²) in [5.74, 6) is 0. The smallest absolute Gasteiger partial charge is 0.333 e. The van der Waals surface area contributed by atoms with E-state index in [9.17, 15) is 0 Å². The van der Waals surface area contributed by atoms with Gasteiger partial charge in [0.05, 0.1) is 11.1 Å². The van der Waals surface area contributed by atoms with Gasteiger partial charge in [0.2, 0.25) is 0 Å².